The summed E-state index contributed by atoms with van der Waals surface area (Å²) in [4.78, 5) is 24.0. The maximum Gasteiger partial charge on any atom is 0.252 e. The standard InChI is InChI=1S/C17H17BrN2O2/c1-2-12-7-3-6-10-15(12)20-16(21)11-19-17(22)13-8-4-5-9-14(13)18/h3-10H,2,11H2,1H3,(H,19,22)(H,20,21). The SMILES string of the molecule is CCc1ccccc1NC(=O)CNC(=O)c1ccccc1Br. The molecule has 114 valence electrons. The highest BCUT2D eigenvalue weighted by Gasteiger charge is 2.11. The molecule has 0 aromatic heterocycles. The van der Waals surface area contributed by atoms with Crippen molar-refractivity contribution in [2.75, 3.05) is 11.9 Å². The molecule has 0 aliphatic heterocycles. The first kappa shape index (κ1) is 16.2. The lowest BCUT2D eigenvalue weighted by Gasteiger charge is -2.10. The fourth-order valence-electron chi connectivity index (χ4n) is 2.05. The minimum atomic E-state index is -0.286. The molecule has 4 nitrogen and oxygen atoms in total. The molecule has 0 saturated heterocycles. The van der Waals surface area contributed by atoms with E-state index in [0.29, 0.717) is 10.0 Å². The average molecular weight is 361 g/mol. The van der Waals surface area contributed by atoms with Gasteiger partial charge in [0.1, 0.15) is 0 Å². The zero-order valence-electron chi connectivity index (χ0n) is 12.2. The van der Waals surface area contributed by atoms with Gasteiger partial charge in [-0.1, -0.05) is 37.3 Å². The first-order chi connectivity index (χ1) is 10.6. The van der Waals surface area contributed by atoms with Gasteiger partial charge in [0.15, 0.2) is 0 Å². The molecule has 0 aliphatic carbocycles. The number of benzene rings is 2. The molecule has 0 spiro atoms. The molecular weight excluding hydrogens is 344 g/mol. The Morgan fingerprint density at radius 1 is 1.05 bits per heavy atom. The number of aryl methyl sites for hydroxylation is 1. The quantitative estimate of drug-likeness (QED) is 0.858. The van der Waals surface area contributed by atoms with E-state index in [2.05, 4.69) is 26.6 Å². The van der Waals surface area contributed by atoms with E-state index in [4.69, 9.17) is 0 Å². The number of hydrogen-bond donors (Lipinski definition) is 2. The summed E-state index contributed by atoms with van der Waals surface area (Å²) in [6.07, 6.45) is 0.833. The molecule has 0 unspecified atom stereocenters. The van der Waals surface area contributed by atoms with Crippen molar-refractivity contribution >= 4 is 33.4 Å². The smallest absolute Gasteiger partial charge is 0.252 e. The van der Waals surface area contributed by atoms with Gasteiger partial charge in [-0.15, -0.1) is 0 Å². The zero-order valence-corrected chi connectivity index (χ0v) is 13.8. The summed E-state index contributed by atoms with van der Waals surface area (Å²) >= 11 is 3.32. The molecule has 2 aromatic rings. The summed E-state index contributed by atoms with van der Waals surface area (Å²) in [5.74, 6) is -0.535. The Bertz CT molecular complexity index is 686. The normalized spacial score (nSPS) is 10.1. The molecular formula is C17H17BrN2O2. The van der Waals surface area contributed by atoms with Crippen LogP contribution in [0.1, 0.15) is 22.8 Å². The van der Waals surface area contributed by atoms with Crippen LogP contribution in [0.4, 0.5) is 5.69 Å². The van der Waals surface area contributed by atoms with E-state index < -0.39 is 0 Å². The number of carbonyl (C=O) groups excluding carboxylic acids is 2. The third-order valence-electron chi connectivity index (χ3n) is 3.20. The molecule has 0 fully saturated rings. The molecule has 22 heavy (non-hydrogen) atoms. The van der Waals surface area contributed by atoms with E-state index in [1.165, 1.54) is 0 Å². The summed E-state index contributed by atoms with van der Waals surface area (Å²) in [6.45, 7) is 1.96. The van der Waals surface area contributed by atoms with Crippen molar-refractivity contribution in [3.05, 3.63) is 64.1 Å². The molecule has 2 aromatic carbocycles. The fraction of sp³-hybridized carbons (Fsp3) is 0.176. The van der Waals surface area contributed by atoms with Gasteiger partial charge in [-0.3, -0.25) is 9.59 Å². The van der Waals surface area contributed by atoms with Crippen molar-refractivity contribution in [3.8, 4) is 0 Å². The third kappa shape index (κ3) is 4.18. The monoisotopic (exact) mass is 360 g/mol. The van der Waals surface area contributed by atoms with Gasteiger partial charge < -0.3 is 10.6 Å². The van der Waals surface area contributed by atoms with Crippen LogP contribution in [0, 0.1) is 0 Å². The molecule has 0 heterocycles. The number of hydrogen-bond acceptors (Lipinski definition) is 2. The molecule has 2 amide bonds. The highest BCUT2D eigenvalue weighted by molar-refractivity contribution is 9.10. The highest BCUT2D eigenvalue weighted by atomic mass is 79.9. The second-order valence-corrected chi connectivity index (χ2v) is 5.58. The Labute approximate surface area is 138 Å². The van der Waals surface area contributed by atoms with E-state index in [9.17, 15) is 9.59 Å². The van der Waals surface area contributed by atoms with Crippen LogP contribution in [0.2, 0.25) is 0 Å². The number of para-hydroxylation sites is 1. The van der Waals surface area contributed by atoms with Crippen LogP contribution in [0.3, 0.4) is 0 Å². The van der Waals surface area contributed by atoms with Crippen LogP contribution in [0.25, 0.3) is 0 Å². The zero-order chi connectivity index (χ0) is 15.9. The first-order valence-electron chi connectivity index (χ1n) is 7.02. The average Bonchev–Trinajstić information content (AvgIpc) is 2.53. The third-order valence-corrected chi connectivity index (χ3v) is 3.89. The number of halogens is 1. The number of nitrogens with one attached hydrogen (secondary N) is 2. The Morgan fingerprint density at radius 3 is 2.45 bits per heavy atom. The van der Waals surface area contributed by atoms with Gasteiger partial charge in [-0.2, -0.15) is 0 Å². The second-order valence-electron chi connectivity index (χ2n) is 4.72. The summed E-state index contributed by atoms with van der Waals surface area (Å²) in [7, 11) is 0. The van der Waals surface area contributed by atoms with Gasteiger partial charge in [0.25, 0.3) is 5.91 Å². The van der Waals surface area contributed by atoms with Gasteiger partial charge in [-0.25, -0.2) is 0 Å². The molecule has 2 N–H and O–H groups in total. The van der Waals surface area contributed by atoms with Crippen molar-refractivity contribution in [1.29, 1.82) is 0 Å². The van der Waals surface area contributed by atoms with Crippen molar-refractivity contribution in [1.82, 2.24) is 5.32 Å². The van der Waals surface area contributed by atoms with E-state index in [1.54, 1.807) is 18.2 Å². The lowest BCUT2D eigenvalue weighted by atomic mass is 10.1. The highest BCUT2D eigenvalue weighted by Crippen LogP contribution is 2.16. The lowest BCUT2D eigenvalue weighted by Crippen LogP contribution is -2.33. The van der Waals surface area contributed by atoms with E-state index in [0.717, 1.165) is 17.7 Å². The maximum absolute atomic E-state index is 12.0. The van der Waals surface area contributed by atoms with Crippen LogP contribution in [0.5, 0.6) is 0 Å². The van der Waals surface area contributed by atoms with E-state index in [1.807, 2.05) is 37.3 Å². The minimum absolute atomic E-state index is 0.0712. The number of rotatable bonds is 5. The molecule has 5 heteroatoms. The van der Waals surface area contributed by atoms with E-state index in [-0.39, 0.29) is 18.4 Å². The molecule has 0 aliphatic rings. The molecule has 0 bridgehead atoms. The van der Waals surface area contributed by atoms with Gasteiger partial charge in [-0.05, 0) is 46.1 Å². The topological polar surface area (TPSA) is 58.2 Å². The van der Waals surface area contributed by atoms with Crippen molar-refractivity contribution in [2.45, 2.75) is 13.3 Å². The maximum atomic E-state index is 12.0. The van der Waals surface area contributed by atoms with Crippen LogP contribution in [-0.2, 0) is 11.2 Å². The van der Waals surface area contributed by atoms with Crippen molar-refractivity contribution in [3.63, 3.8) is 0 Å². The van der Waals surface area contributed by atoms with Gasteiger partial charge in [0.05, 0.1) is 12.1 Å². The number of carbonyl (C=O) groups is 2. The summed E-state index contributed by atoms with van der Waals surface area (Å²) in [6, 6.07) is 14.7. The van der Waals surface area contributed by atoms with Gasteiger partial charge in [0, 0.05) is 10.2 Å². The van der Waals surface area contributed by atoms with Crippen LogP contribution >= 0.6 is 15.9 Å². The van der Waals surface area contributed by atoms with Crippen molar-refractivity contribution in [2.24, 2.45) is 0 Å². The Kier molecular flexibility index (Phi) is 5.72. The summed E-state index contributed by atoms with van der Waals surface area (Å²) in [5.41, 5.74) is 2.35. The predicted octanol–water partition coefficient (Wildman–Crippen LogP) is 3.38. The number of anilines is 1. The fourth-order valence-corrected chi connectivity index (χ4v) is 2.51. The van der Waals surface area contributed by atoms with Crippen LogP contribution in [-0.4, -0.2) is 18.4 Å². The molecule has 0 radical (unpaired) electrons. The summed E-state index contributed by atoms with van der Waals surface area (Å²) in [5, 5.41) is 5.43. The largest absolute Gasteiger partial charge is 0.343 e. The van der Waals surface area contributed by atoms with Gasteiger partial charge >= 0.3 is 0 Å². The Balaban J connectivity index is 1.93. The summed E-state index contributed by atoms with van der Waals surface area (Å²) < 4.78 is 0.698. The number of amides is 2. The Morgan fingerprint density at radius 2 is 1.73 bits per heavy atom. The van der Waals surface area contributed by atoms with E-state index >= 15 is 0 Å². The Hall–Kier alpha value is -2.14. The predicted molar refractivity (Wildman–Crippen MR) is 90.9 cm³/mol. The van der Waals surface area contributed by atoms with Crippen LogP contribution < -0.4 is 10.6 Å². The molecule has 0 atom stereocenters. The molecule has 0 saturated carbocycles. The van der Waals surface area contributed by atoms with Gasteiger partial charge in [0.2, 0.25) is 5.91 Å². The van der Waals surface area contributed by atoms with Crippen LogP contribution in [0.15, 0.2) is 53.0 Å². The molecule has 2 rings (SSSR count). The first-order valence-corrected chi connectivity index (χ1v) is 7.81. The second kappa shape index (κ2) is 7.75. The van der Waals surface area contributed by atoms with Crippen molar-refractivity contribution < 1.29 is 9.59 Å². The lowest BCUT2D eigenvalue weighted by molar-refractivity contribution is -0.115. The minimum Gasteiger partial charge on any atom is -0.343 e.